The lowest BCUT2D eigenvalue weighted by Crippen LogP contribution is -2.24. The minimum absolute atomic E-state index is 0.118. The first-order chi connectivity index (χ1) is 12.1. The van der Waals surface area contributed by atoms with Gasteiger partial charge >= 0.3 is 5.97 Å². The number of fused-ring (bicyclic) bond motifs is 1. The fourth-order valence-corrected chi connectivity index (χ4v) is 3.22. The van der Waals surface area contributed by atoms with Crippen LogP contribution >= 0.6 is 0 Å². The Hall–Kier alpha value is -2.43. The normalized spacial score (nSPS) is 19.9. The second-order valence-corrected chi connectivity index (χ2v) is 6.83. The number of para-hydroxylation sites is 1. The van der Waals surface area contributed by atoms with Crippen LogP contribution in [0.25, 0.3) is 10.9 Å². The number of esters is 1. The lowest BCUT2D eigenvalue weighted by Gasteiger charge is -2.24. The number of aryl methyl sites for hydroxylation is 2. The van der Waals surface area contributed by atoms with Gasteiger partial charge in [-0.2, -0.15) is 0 Å². The molecule has 132 valence electrons. The first kappa shape index (κ1) is 17.4. The first-order valence-electron chi connectivity index (χ1n) is 8.81. The zero-order valence-electron chi connectivity index (χ0n) is 14.8. The van der Waals surface area contributed by atoms with Gasteiger partial charge in [0.25, 0.3) is 5.56 Å². The van der Waals surface area contributed by atoms with E-state index in [4.69, 9.17) is 4.74 Å². The molecule has 1 aliphatic rings. The summed E-state index contributed by atoms with van der Waals surface area (Å²) in [6.07, 6.45) is 8.03. The second-order valence-electron chi connectivity index (χ2n) is 6.83. The molecule has 0 spiro atoms. The summed E-state index contributed by atoms with van der Waals surface area (Å²) in [5.41, 5.74) is 1.56. The minimum Gasteiger partial charge on any atom is -0.465 e. The van der Waals surface area contributed by atoms with Crippen molar-refractivity contribution in [3.63, 3.8) is 0 Å². The van der Waals surface area contributed by atoms with Crippen LogP contribution in [0.1, 0.15) is 31.7 Å². The van der Waals surface area contributed by atoms with Gasteiger partial charge in [0.1, 0.15) is 0 Å². The van der Waals surface area contributed by atoms with Crippen molar-refractivity contribution in [1.82, 2.24) is 9.55 Å². The number of rotatable bonds is 5. The molecule has 0 radical (unpaired) electrons. The number of carbonyl (C=O) groups excluding carboxylic acids is 1. The van der Waals surface area contributed by atoms with E-state index in [1.807, 2.05) is 19.1 Å². The van der Waals surface area contributed by atoms with Crippen LogP contribution in [-0.2, 0) is 16.1 Å². The zero-order chi connectivity index (χ0) is 17.8. The fourth-order valence-electron chi connectivity index (χ4n) is 3.22. The summed E-state index contributed by atoms with van der Waals surface area (Å²) >= 11 is 0. The lowest BCUT2D eigenvalue weighted by molar-refractivity contribution is -0.145. The van der Waals surface area contributed by atoms with Crippen LogP contribution in [0.4, 0.5) is 0 Å². The van der Waals surface area contributed by atoms with Gasteiger partial charge in [-0.1, -0.05) is 31.2 Å². The Morgan fingerprint density at radius 3 is 2.92 bits per heavy atom. The third kappa shape index (κ3) is 3.98. The number of allylic oxidation sites excluding steroid dienone is 2. The molecule has 0 N–H and O–H groups in total. The molecular weight excluding hydrogens is 316 g/mol. The van der Waals surface area contributed by atoms with Gasteiger partial charge in [0.15, 0.2) is 0 Å². The van der Waals surface area contributed by atoms with Gasteiger partial charge < -0.3 is 4.74 Å². The van der Waals surface area contributed by atoms with Crippen molar-refractivity contribution in [1.29, 1.82) is 0 Å². The molecule has 5 heteroatoms. The maximum absolute atomic E-state index is 12.5. The molecule has 0 bridgehead atoms. The minimum atomic E-state index is -0.266. The molecule has 1 aliphatic carbocycles. The monoisotopic (exact) mass is 340 g/mol. The number of hydrogen-bond donors (Lipinski definition) is 0. The van der Waals surface area contributed by atoms with E-state index in [0.717, 1.165) is 18.4 Å². The third-order valence-corrected chi connectivity index (χ3v) is 4.99. The van der Waals surface area contributed by atoms with E-state index in [9.17, 15) is 9.59 Å². The Kier molecular flexibility index (Phi) is 5.31. The summed E-state index contributed by atoms with van der Waals surface area (Å²) in [5, 5.41) is 0.582. The van der Waals surface area contributed by atoms with Gasteiger partial charge in [0.2, 0.25) is 0 Å². The lowest BCUT2D eigenvalue weighted by atomic mass is 9.85. The predicted molar refractivity (Wildman–Crippen MR) is 97.3 cm³/mol. The summed E-state index contributed by atoms with van der Waals surface area (Å²) in [6.45, 7) is 4.85. The average Bonchev–Trinajstić information content (AvgIpc) is 2.61. The largest absolute Gasteiger partial charge is 0.465 e. The number of carbonyl (C=O) groups is 1. The van der Waals surface area contributed by atoms with Gasteiger partial charge in [-0.05, 0) is 43.2 Å². The Morgan fingerprint density at radius 2 is 2.12 bits per heavy atom. The molecule has 2 aromatic rings. The summed E-state index contributed by atoms with van der Waals surface area (Å²) in [6, 6.07) is 5.54. The Bertz CT molecular complexity index is 854. The quantitative estimate of drug-likeness (QED) is 0.619. The molecule has 0 saturated carbocycles. The molecule has 1 aromatic carbocycles. The highest BCUT2D eigenvalue weighted by Gasteiger charge is 2.20. The Balaban J connectivity index is 1.59. The smallest absolute Gasteiger partial charge is 0.307 e. The Labute approximate surface area is 147 Å². The predicted octanol–water partition coefficient (Wildman–Crippen LogP) is 3.24. The standard InChI is InChI=1S/C20H24N2O3/c1-14-6-3-4-8-16(14)12-25-18(23)10-11-22-13-21-19-15(2)7-5-9-17(19)20(22)24/h3-5,7,9,13-14,16H,6,8,10-12H2,1-2H3. The average molecular weight is 340 g/mol. The van der Waals surface area contributed by atoms with Crippen LogP contribution in [0.15, 0.2) is 41.5 Å². The van der Waals surface area contributed by atoms with Crippen molar-refractivity contribution in [2.24, 2.45) is 11.8 Å². The van der Waals surface area contributed by atoms with E-state index in [1.165, 1.54) is 10.9 Å². The molecule has 1 heterocycles. The van der Waals surface area contributed by atoms with Crippen molar-refractivity contribution >= 4 is 16.9 Å². The molecule has 5 nitrogen and oxygen atoms in total. The van der Waals surface area contributed by atoms with Gasteiger partial charge in [-0.25, -0.2) is 4.98 Å². The van der Waals surface area contributed by atoms with E-state index in [2.05, 4.69) is 24.1 Å². The van der Waals surface area contributed by atoms with Gasteiger partial charge in [0.05, 0.1) is 30.3 Å². The topological polar surface area (TPSA) is 61.2 Å². The van der Waals surface area contributed by atoms with Crippen LogP contribution in [0, 0.1) is 18.8 Å². The molecule has 0 amide bonds. The number of benzene rings is 1. The number of nitrogens with zero attached hydrogens (tertiary/aromatic N) is 2. The maximum atomic E-state index is 12.5. The first-order valence-corrected chi connectivity index (χ1v) is 8.81. The zero-order valence-corrected chi connectivity index (χ0v) is 14.8. The SMILES string of the molecule is Cc1cccc2c(=O)n(CCC(=O)OCC3CC=CCC3C)cnc12. The van der Waals surface area contributed by atoms with Crippen molar-refractivity contribution in [3.05, 3.63) is 52.6 Å². The van der Waals surface area contributed by atoms with Crippen LogP contribution in [-0.4, -0.2) is 22.1 Å². The van der Waals surface area contributed by atoms with Crippen molar-refractivity contribution in [2.45, 2.75) is 39.7 Å². The molecule has 0 aliphatic heterocycles. The van der Waals surface area contributed by atoms with Crippen LogP contribution in [0.2, 0.25) is 0 Å². The van der Waals surface area contributed by atoms with Gasteiger partial charge in [-0.15, -0.1) is 0 Å². The van der Waals surface area contributed by atoms with Crippen molar-refractivity contribution in [2.75, 3.05) is 6.61 Å². The van der Waals surface area contributed by atoms with E-state index in [0.29, 0.717) is 29.3 Å². The van der Waals surface area contributed by atoms with Gasteiger partial charge in [0, 0.05) is 6.54 Å². The maximum Gasteiger partial charge on any atom is 0.307 e. The molecule has 0 fully saturated rings. The number of aromatic nitrogens is 2. The molecule has 1 aromatic heterocycles. The van der Waals surface area contributed by atoms with Crippen LogP contribution < -0.4 is 5.56 Å². The van der Waals surface area contributed by atoms with Crippen molar-refractivity contribution in [3.8, 4) is 0 Å². The summed E-state index contributed by atoms with van der Waals surface area (Å²) < 4.78 is 6.89. The van der Waals surface area contributed by atoms with E-state index in [1.54, 1.807) is 6.07 Å². The highest BCUT2D eigenvalue weighted by molar-refractivity contribution is 5.80. The number of hydrogen-bond acceptors (Lipinski definition) is 4. The van der Waals surface area contributed by atoms with E-state index in [-0.39, 0.29) is 24.5 Å². The van der Waals surface area contributed by atoms with E-state index >= 15 is 0 Å². The molecule has 25 heavy (non-hydrogen) atoms. The molecule has 0 saturated heterocycles. The van der Waals surface area contributed by atoms with Gasteiger partial charge in [-0.3, -0.25) is 14.2 Å². The van der Waals surface area contributed by atoms with Crippen molar-refractivity contribution < 1.29 is 9.53 Å². The molecule has 3 rings (SSSR count). The fraction of sp³-hybridized carbons (Fsp3) is 0.450. The summed E-state index contributed by atoms with van der Waals surface area (Å²) in [5.74, 6) is 0.660. The summed E-state index contributed by atoms with van der Waals surface area (Å²) in [4.78, 5) is 28.9. The summed E-state index contributed by atoms with van der Waals surface area (Å²) in [7, 11) is 0. The third-order valence-electron chi connectivity index (χ3n) is 4.99. The molecular formula is C20H24N2O3. The highest BCUT2D eigenvalue weighted by Crippen LogP contribution is 2.25. The van der Waals surface area contributed by atoms with E-state index < -0.39 is 0 Å². The van der Waals surface area contributed by atoms with Crippen LogP contribution in [0.3, 0.4) is 0 Å². The molecule has 2 atom stereocenters. The number of ether oxygens (including phenoxy) is 1. The Morgan fingerprint density at radius 1 is 1.32 bits per heavy atom. The highest BCUT2D eigenvalue weighted by atomic mass is 16.5. The molecule has 2 unspecified atom stereocenters. The van der Waals surface area contributed by atoms with Crippen LogP contribution in [0.5, 0.6) is 0 Å². The second kappa shape index (κ2) is 7.64.